The number of hydrogen-bond donors (Lipinski definition) is 3. The van der Waals surface area contributed by atoms with E-state index in [9.17, 15) is 24.7 Å². The minimum Gasteiger partial charge on any atom is -0.507 e. The third kappa shape index (κ3) is 7.97. The Morgan fingerprint density at radius 1 is 0.869 bits per heavy atom. The quantitative estimate of drug-likeness (QED) is 0.0739. The van der Waals surface area contributed by atoms with Crippen molar-refractivity contribution in [1.82, 2.24) is 4.98 Å². The molecule has 0 radical (unpaired) electrons. The maximum atomic E-state index is 14.6. The highest BCUT2D eigenvalue weighted by atomic mass is 28.4. The number of nitrogens with zero attached hydrogens (tertiary/aromatic N) is 2. The Balaban J connectivity index is 1.20. The van der Waals surface area contributed by atoms with Crippen molar-refractivity contribution in [3.63, 3.8) is 0 Å². The lowest BCUT2D eigenvalue weighted by Crippen LogP contribution is -2.66. The van der Waals surface area contributed by atoms with E-state index in [1.165, 1.54) is 11.0 Å². The summed E-state index contributed by atoms with van der Waals surface area (Å²) in [5.41, 5.74) is 6.97. The first-order valence-electron chi connectivity index (χ1n) is 21.1. The number of phenolic OH excluding ortho intramolecular Hbond substituents is 1. The number of ether oxygens (including phenoxy) is 1. The minimum absolute atomic E-state index is 0.199. The average Bonchev–Trinajstić information content (AvgIpc) is 3.79. The van der Waals surface area contributed by atoms with Crippen LogP contribution in [0.5, 0.6) is 5.75 Å². The SMILES string of the molecule is Cc1cc(/C=C(/CC[C@H]2OC[C@H]3C2=C(CO[Si](c2ccccc2)(c2ccccc2)C(C)(C)C)C[C@H]2C(=O)N(c4cccc(B(O)O)c4)C(=O)[C@H]23)c2ccccn2)cc(C)c1O. The maximum absolute atomic E-state index is 14.6. The highest BCUT2D eigenvalue weighted by molar-refractivity contribution is 6.99. The molecule has 5 aromatic rings. The predicted octanol–water partition coefficient (Wildman–Crippen LogP) is 6.50. The van der Waals surface area contributed by atoms with Crippen LogP contribution in [-0.2, 0) is 18.8 Å². The fourth-order valence-corrected chi connectivity index (χ4v) is 14.6. The fraction of sp³-hybridized carbons (Fsp3) is 0.300. The van der Waals surface area contributed by atoms with E-state index in [2.05, 4.69) is 75.4 Å². The summed E-state index contributed by atoms with van der Waals surface area (Å²) in [5, 5.41) is 32.5. The van der Waals surface area contributed by atoms with E-state index < -0.39 is 27.3 Å². The number of amides is 2. The zero-order chi connectivity index (χ0) is 43.1. The summed E-state index contributed by atoms with van der Waals surface area (Å²) in [7, 11) is -4.75. The smallest absolute Gasteiger partial charge is 0.488 e. The molecular formula is C50H53BN2O7Si. The van der Waals surface area contributed by atoms with E-state index in [4.69, 9.17) is 14.1 Å². The molecule has 1 aliphatic carbocycles. The highest BCUT2D eigenvalue weighted by Gasteiger charge is 2.58. The lowest BCUT2D eigenvalue weighted by Gasteiger charge is -2.44. The van der Waals surface area contributed by atoms with E-state index in [-0.39, 0.29) is 53.3 Å². The normalized spacial score (nSPS) is 20.6. The number of aromatic nitrogens is 1. The Morgan fingerprint density at radius 2 is 1.52 bits per heavy atom. The van der Waals surface area contributed by atoms with Crippen LogP contribution in [0.3, 0.4) is 0 Å². The van der Waals surface area contributed by atoms with Gasteiger partial charge in [-0.1, -0.05) is 99.6 Å². The van der Waals surface area contributed by atoms with Crippen molar-refractivity contribution in [3.05, 3.63) is 155 Å². The van der Waals surface area contributed by atoms with Gasteiger partial charge in [-0.2, -0.15) is 0 Å². The van der Waals surface area contributed by atoms with Gasteiger partial charge in [0, 0.05) is 12.1 Å². The zero-order valence-corrected chi connectivity index (χ0v) is 36.4. The number of fused-ring (bicyclic) bond motifs is 3. The van der Waals surface area contributed by atoms with Crippen LogP contribution in [0.4, 0.5) is 5.69 Å². The summed E-state index contributed by atoms with van der Waals surface area (Å²) in [4.78, 5) is 35.1. The molecule has 0 saturated carbocycles. The van der Waals surface area contributed by atoms with Crippen molar-refractivity contribution >= 4 is 60.4 Å². The van der Waals surface area contributed by atoms with Gasteiger partial charge in [0.2, 0.25) is 11.8 Å². The molecular weight excluding hydrogens is 779 g/mol. The topological polar surface area (TPSA) is 129 Å². The molecule has 4 aromatic carbocycles. The van der Waals surface area contributed by atoms with E-state index in [1.807, 2.05) is 56.3 Å². The Hall–Kier alpha value is -5.43. The van der Waals surface area contributed by atoms with E-state index in [1.54, 1.807) is 24.4 Å². The lowest BCUT2D eigenvalue weighted by molar-refractivity contribution is -0.122. The van der Waals surface area contributed by atoms with Crippen molar-refractivity contribution < 1.29 is 33.9 Å². The number of imide groups is 1. The number of benzene rings is 4. The third-order valence-electron chi connectivity index (χ3n) is 12.8. The van der Waals surface area contributed by atoms with Gasteiger partial charge in [-0.3, -0.25) is 19.5 Å². The van der Waals surface area contributed by atoms with Crippen LogP contribution >= 0.6 is 0 Å². The molecule has 2 amide bonds. The number of carbonyl (C=O) groups is 2. The predicted molar refractivity (Wildman–Crippen MR) is 243 cm³/mol. The summed E-state index contributed by atoms with van der Waals surface area (Å²) in [6.07, 6.45) is 5.13. The number of anilines is 1. The Morgan fingerprint density at radius 3 is 2.13 bits per heavy atom. The Bertz CT molecular complexity index is 2420. The standard InChI is InChI=1S/C50H53BN2O7Si/c1-32-25-34(26-33(2)47(32)54)27-35(43-21-12-13-24-52-43)22-23-44-45-36(30-60-61(50(3,4)5,39-17-8-6-9-18-39)40-19-10-7-11-20-40)28-41-46(42(45)31-59-44)49(56)53(48(41)55)38-16-14-15-37(29-38)51(57)58/h6-21,24-27,29,41-42,44,46,54,57-58H,22-23,28,30-31H2,1-5H3/b35-27-/t41-,42+,44-,46-/m1/s1. The second kappa shape index (κ2) is 17.1. The van der Waals surface area contributed by atoms with Gasteiger partial charge in [0.1, 0.15) is 5.75 Å². The number of aromatic hydroxyl groups is 1. The molecule has 1 aromatic heterocycles. The summed E-state index contributed by atoms with van der Waals surface area (Å²) in [6, 6.07) is 37.1. The van der Waals surface area contributed by atoms with Crippen molar-refractivity contribution in [3.8, 4) is 5.75 Å². The largest absolute Gasteiger partial charge is 0.507 e. The number of pyridine rings is 1. The monoisotopic (exact) mass is 832 g/mol. The molecule has 11 heteroatoms. The van der Waals surface area contributed by atoms with Gasteiger partial charge >= 0.3 is 7.12 Å². The number of hydrogen-bond acceptors (Lipinski definition) is 8. The maximum Gasteiger partial charge on any atom is 0.488 e. The number of rotatable bonds is 12. The molecule has 3 aliphatic rings. The molecule has 2 aliphatic heterocycles. The van der Waals surface area contributed by atoms with Crippen LogP contribution in [0.15, 0.2) is 133 Å². The molecule has 4 atom stereocenters. The summed E-state index contributed by atoms with van der Waals surface area (Å²) in [5.74, 6) is -1.93. The van der Waals surface area contributed by atoms with Crippen molar-refractivity contribution in [2.45, 2.75) is 65.0 Å². The third-order valence-corrected chi connectivity index (χ3v) is 17.8. The number of carbonyl (C=O) groups excluding carboxylic acids is 2. The van der Waals surface area contributed by atoms with Gasteiger partial charge in [0.15, 0.2) is 0 Å². The molecule has 3 N–H and O–H groups in total. The van der Waals surface area contributed by atoms with Gasteiger partial charge in [-0.05, 0) is 130 Å². The second-order valence-electron chi connectivity index (χ2n) is 17.7. The van der Waals surface area contributed by atoms with Crippen LogP contribution in [0, 0.1) is 31.6 Å². The minimum atomic E-state index is -3.00. The first-order chi connectivity index (χ1) is 29.3. The first kappa shape index (κ1) is 42.3. The van der Waals surface area contributed by atoms with E-state index >= 15 is 0 Å². The number of aryl methyl sites for hydroxylation is 2. The Labute approximate surface area is 359 Å². The van der Waals surface area contributed by atoms with Gasteiger partial charge < -0.3 is 24.3 Å². The highest BCUT2D eigenvalue weighted by Crippen LogP contribution is 2.51. The molecule has 3 heterocycles. The van der Waals surface area contributed by atoms with Crippen LogP contribution in [0.2, 0.25) is 5.04 Å². The van der Waals surface area contributed by atoms with Crippen LogP contribution in [0.25, 0.3) is 11.6 Å². The molecule has 0 unspecified atom stereocenters. The first-order valence-corrected chi connectivity index (χ1v) is 23.0. The van der Waals surface area contributed by atoms with E-state index in [0.717, 1.165) is 49.5 Å². The van der Waals surface area contributed by atoms with Crippen molar-refractivity contribution in [1.29, 1.82) is 0 Å². The molecule has 2 fully saturated rings. The number of phenols is 1. The van der Waals surface area contributed by atoms with Crippen LogP contribution in [0.1, 0.15) is 62.4 Å². The Kier molecular flexibility index (Phi) is 11.9. The van der Waals surface area contributed by atoms with Crippen molar-refractivity contribution in [2.75, 3.05) is 18.1 Å². The van der Waals surface area contributed by atoms with Gasteiger partial charge in [-0.15, -0.1) is 0 Å². The molecule has 312 valence electrons. The van der Waals surface area contributed by atoms with Gasteiger partial charge in [0.05, 0.1) is 42.5 Å². The van der Waals surface area contributed by atoms with Crippen LogP contribution in [-0.4, -0.2) is 66.7 Å². The van der Waals surface area contributed by atoms with Gasteiger partial charge in [-0.25, -0.2) is 0 Å². The summed E-state index contributed by atoms with van der Waals surface area (Å²) in [6.45, 7) is 11.1. The van der Waals surface area contributed by atoms with Gasteiger partial charge in [0.25, 0.3) is 8.32 Å². The van der Waals surface area contributed by atoms with Crippen LogP contribution < -0.4 is 20.7 Å². The summed E-state index contributed by atoms with van der Waals surface area (Å²) < 4.78 is 14.3. The zero-order valence-electron chi connectivity index (χ0n) is 35.4. The van der Waals surface area contributed by atoms with Crippen molar-refractivity contribution in [2.24, 2.45) is 17.8 Å². The van der Waals surface area contributed by atoms with E-state index in [0.29, 0.717) is 24.9 Å². The molecule has 8 rings (SSSR count). The second-order valence-corrected chi connectivity index (χ2v) is 22.0. The fourth-order valence-electron chi connectivity index (χ4n) is 10.0. The molecule has 2 saturated heterocycles. The molecule has 9 nitrogen and oxygen atoms in total. The molecule has 0 bridgehead atoms. The lowest BCUT2D eigenvalue weighted by atomic mass is 9.69. The number of allylic oxidation sites excluding steroid dienone is 1. The average molecular weight is 833 g/mol. The summed E-state index contributed by atoms with van der Waals surface area (Å²) >= 11 is 0. The molecule has 0 spiro atoms. The molecule has 61 heavy (non-hydrogen) atoms.